The summed E-state index contributed by atoms with van der Waals surface area (Å²) < 4.78 is 25.6. The van der Waals surface area contributed by atoms with Gasteiger partial charge in [0.25, 0.3) is 0 Å². The van der Waals surface area contributed by atoms with Crippen LogP contribution < -0.4 is 0 Å². The number of hydrogen-bond donors (Lipinski definition) is 1. The van der Waals surface area contributed by atoms with Crippen molar-refractivity contribution in [2.24, 2.45) is 0 Å². The van der Waals surface area contributed by atoms with Crippen LogP contribution >= 0.6 is 0 Å². The number of aromatic carboxylic acids is 1. The number of carboxylic acid groups (broad SMARTS) is 1. The zero-order valence-electron chi connectivity index (χ0n) is 11.5. The van der Waals surface area contributed by atoms with Crippen LogP contribution in [-0.4, -0.2) is 15.3 Å². The molecule has 2 aromatic rings. The van der Waals surface area contributed by atoms with Gasteiger partial charge in [-0.2, -0.15) is 0 Å². The molecule has 110 valence electrons. The van der Waals surface area contributed by atoms with E-state index in [1.807, 2.05) is 31.2 Å². The standard InChI is InChI=1S/C16H15FO3S/c1-11-3-2-4-12(7-11)9-21(20)10-13-5-6-14(16(18)19)15(17)8-13/h2-8H,9-10H2,1H3,(H,18,19). The molecule has 0 aliphatic carbocycles. The smallest absolute Gasteiger partial charge is 0.338 e. The van der Waals surface area contributed by atoms with Crippen LogP contribution in [0.25, 0.3) is 0 Å². The molecular formula is C16H15FO3S. The first kappa shape index (κ1) is 15.4. The predicted molar refractivity (Wildman–Crippen MR) is 80.1 cm³/mol. The van der Waals surface area contributed by atoms with Gasteiger partial charge < -0.3 is 5.11 Å². The largest absolute Gasteiger partial charge is 0.478 e. The molecule has 0 radical (unpaired) electrons. The molecule has 0 aromatic heterocycles. The van der Waals surface area contributed by atoms with E-state index in [2.05, 4.69) is 0 Å². The van der Waals surface area contributed by atoms with Crippen molar-refractivity contribution in [1.29, 1.82) is 0 Å². The number of halogens is 1. The maximum atomic E-state index is 13.6. The molecule has 1 atom stereocenters. The Morgan fingerprint density at radius 3 is 2.38 bits per heavy atom. The molecule has 3 nitrogen and oxygen atoms in total. The lowest BCUT2D eigenvalue weighted by atomic mass is 10.1. The Labute approximate surface area is 124 Å². The normalized spacial score (nSPS) is 12.1. The van der Waals surface area contributed by atoms with Gasteiger partial charge in [-0.05, 0) is 30.2 Å². The van der Waals surface area contributed by atoms with Crippen LogP contribution in [0.1, 0.15) is 27.0 Å². The SMILES string of the molecule is Cc1cccc(CS(=O)Cc2ccc(C(=O)O)c(F)c2)c1. The van der Waals surface area contributed by atoms with Crippen molar-refractivity contribution in [3.63, 3.8) is 0 Å². The molecule has 0 aliphatic heterocycles. The van der Waals surface area contributed by atoms with E-state index in [1.54, 1.807) is 0 Å². The molecule has 0 aliphatic rings. The Morgan fingerprint density at radius 2 is 1.81 bits per heavy atom. The minimum absolute atomic E-state index is 0.199. The molecule has 1 N–H and O–H groups in total. The van der Waals surface area contributed by atoms with Gasteiger partial charge in [0.15, 0.2) is 0 Å². The molecule has 0 amide bonds. The Kier molecular flexibility index (Phi) is 4.85. The molecule has 0 spiro atoms. The van der Waals surface area contributed by atoms with E-state index >= 15 is 0 Å². The number of benzene rings is 2. The summed E-state index contributed by atoms with van der Waals surface area (Å²) in [6.45, 7) is 1.96. The summed E-state index contributed by atoms with van der Waals surface area (Å²) in [5.41, 5.74) is 2.23. The second-order valence-electron chi connectivity index (χ2n) is 4.84. The van der Waals surface area contributed by atoms with Crippen LogP contribution in [0, 0.1) is 12.7 Å². The molecule has 2 rings (SSSR count). The fourth-order valence-corrected chi connectivity index (χ4v) is 3.25. The summed E-state index contributed by atoms with van der Waals surface area (Å²) >= 11 is 0. The van der Waals surface area contributed by atoms with Crippen LogP contribution in [0.15, 0.2) is 42.5 Å². The van der Waals surface area contributed by atoms with Crippen molar-refractivity contribution in [2.75, 3.05) is 0 Å². The van der Waals surface area contributed by atoms with E-state index in [0.29, 0.717) is 11.3 Å². The number of carboxylic acids is 1. The highest BCUT2D eigenvalue weighted by Crippen LogP contribution is 2.14. The van der Waals surface area contributed by atoms with E-state index < -0.39 is 22.6 Å². The monoisotopic (exact) mass is 306 g/mol. The lowest BCUT2D eigenvalue weighted by Gasteiger charge is -2.05. The van der Waals surface area contributed by atoms with Gasteiger partial charge in [-0.15, -0.1) is 0 Å². The molecule has 0 saturated heterocycles. The summed E-state index contributed by atoms with van der Waals surface area (Å²) in [5.74, 6) is -1.51. The van der Waals surface area contributed by atoms with E-state index in [0.717, 1.165) is 17.2 Å². The number of hydrogen-bond acceptors (Lipinski definition) is 2. The maximum absolute atomic E-state index is 13.6. The van der Waals surface area contributed by atoms with E-state index in [4.69, 9.17) is 5.11 Å². The molecule has 0 bridgehead atoms. The first-order valence-electron chi connectivity index (χ1n) is 6.38. The van der Waals surface area contributed by atoms with E-state index in [1.165, 1.54) is 12.1 Å². The minimum atomic E-state index is -1.31. The zero-order valence-corrected chi connectivity index (χ0v) is 12.3. The van der Waals surface area contributed by atoms with Gasteiger partial charge in [0, 0.05) is 22.3 Å². The van der Waals surface area contributed by atoms with Crippen LogP contribution in [0.4, 0.5) is 4.39 Å². The highest BCUT2D eigenvalue weighted by Gasteiger charge is 2.11. The van der Waals surface area contributed by atoms with Gasteiger partial charge in [0.2, 0.25) is 0 Å². The van der Waals surface area contributed by atoms with Gasteiger partial charge in [0.05, 0.1) is 5.56 Å². The molecule has 5 heteroatoms. The number of carbonyl (C=O) groups is 1. The highest BCUT2D eigenvalue weighted by molar-refractivity contribution is 7.83. The highest BCUT2D eigenvalue weighted by atomic mass is 32.2. The number of aryl methyl sites for hydroxylation is 1. The van der Waals surface area contributed by atoms with Crippen LogP contribution in [0.5, 0.6) is 0 Å². The van der Waals surface area contributed by atoms with Crippen molar-refractivity contribution in [2.45, 2.75) is 18.4 Å². The van der Waals surface area contributed by atoms with Crippen molar-refractivity contribution in [3.8, 4) is 0 Å². The Hall–Kier alpha value is -2.01. The molecule has 0 heterocycles. The molecule has 2 aromatic carbocycles. The van der Waals surface area contributed by atoms with Crippen LogP contribution in [0.3, 0.4) is 0 Å². The second kappa shape index (κ2) is 6.63. The summed E-state index contributed by atoms with van der Waals surface area (Å²) in [7, 11) is -1.17. The van der Waals surface area contributed by atoms with Crippen molar-refractivity contribution in [3.05, 3.63) is 70.5 Å². The third kappa shape index (κ3) is 4.23. The summed E-state index contributed by atoms with van der Waals surface area (Å²) in [5, 5.41) is 8.76. The second-order valence-corrected chi connectivity index (χ2v) is 6.29. The van der Waals surface area contributed by atoms with E-state index in [9.17, 15) is 13.4 Å². The van der Waals surface area contributed by atoms with Crippen LogP contribution in [-0.2, 0) is 22.3 Å². The molecule has 0 saturated carbocycles. The van der Waals surface area contributed by atoms with Gasteiger partial charge in [0.1, 0.15) is 5.82 Å². The Bertz CT molecular complexity index is 698. The summed E-state index contributed by atoms with van der Waals surface area (Å²) in [6, 6.07) is 11.6. The lowest BCUT2D eigenvalue weighted by Crippen LogP contribution is -2.04. The molecular weight excluding hydrogens is 291 g/mol. The quantitative estimate of drug-likeness (QED) is 0.922. The zero-order chi connectivity index (χ0) is 15.4. The lowest BCUT2D eigenvalue weighted by molar-refractivity contribution is 0.0692. The Balaban J connectivity index is 2.06. The molecule has 1 unspecified atom stereocenters. The minimum Gasteiger partial charge on any atom is -0.478 e. The average Bonchev–Trinajstić information content (AvgIpc) is 2.38. The van der Waals surface area contributed by atoms with Crippen LogP contribution in [0.2, 0.25) is 0 Å². The topological polar surface area (TPSA) is 54.4 Å². The van der Waals surface area contributed by atoms with Crippen molar-refractivity contribution >= 4 is 16.8 Å². The third-order valence-electron chi connectivity index (χ3n) is 3.00. The van der Waals surface area contributed by atoms with Gasteiger partial charge in [-0.25, -0.2) is 9.18 Å². The maximum Gasteiger partial charge on any atom is 0.338 e. The van der Waals surface area contributed by atoms with Gasteiger partial charge in [-0.3, -0.25) is 4.21 Å². The summed E-state index contributed by atoms with van der Waals surface area (Å²) in [4.78, 5) is 10.7. The average molecular weight is 306 g/mol. The predicted octanol–water partition coefficient (Wildman–Crippen LogP) is 3.28. The van der Waals surface area contributed by atoms with Gasteiger partial charge >= 0.3 is 5.97 Å². The third-order valence-corrected chi connectivity index (χ3v) is 4.31. The van der Waals surface area contributed by atoms with Crippen molar-refractivity contribution < 1.29 is 18.5 Å². The van der Waals surface area contributed by atoms with Crippen molar-refractivity contribution in [1.82, 2.24) is 0 Å². The first-order valence-corrected chi connectivity index (χ1v) is 7.87. The molecule has 21 heavy (non-hydrogen) atoms. The fourth-order valence-electron chi connectivity index (χ4n) is 2.05. The number of rotatable bonds is 5. The Morgan fingerprint density at radius 1 is 1.14 bits per heavy atom. The van der Waals surface area contributed by atoms with Gasteiger partial charge in [-0.1, -0.05) is 35.9 Å². The van der Waals surface area contributed by atoms with E-state index in [-0.39, 0.29) is 11.3 Å². The first-order chi connectivity index (χ1) is 9.95. The summed E-state index contributed by atoms with van der Waals surface area (Å²) in [6.07, 6.45) is 0. The molecule has 0 fully saturated rings. The fraction of sp³-hybridized carbons (Fsp3) is 0.188.